The summed E-state index contributed by atoms with van der Waals surface area (Å²) in [5.74, 6) is 0.547. The van der Waals surface area contributed by atoms with Gasteiger partial charge in [-0.05, 0) is 43.5 Å². The number of piperidine rings is 1. The van der Waals surface area contributed by atoms with Gasteiger partial charge >= 0.3 is 0 Å². The summed E-state index contributed by atoms with van der Waals surface area (Å²) in [6, 6.07) is 6.83. The van der Waals surface area contributed by atoms with Crippen LogP contribution in [0.4, 0.5) is 5.69 Å². The molecular formula is C19H26N4O4S. The number of amides is 1. The Morgan fingerprint density at radius 3 is 2.79 bits per heavy atom. The topological polar surface area (TPSA) is 104 Å². The lowest BCUT2D eigenvalue weighted by Crippen LogP contribution is -2.40. The number of nitrogens with one attached hydrogen (secondary N) is 2. The third-order valence-electron chi connectivity index (χ3n) is 4.92. The molecule has 0 spiro atoms. The van der Waals surface area contributed by atoms with E-state index in [2.05, 4.69) is 15.5 Å². The van der Waals surface area contributed by atoms with Crippen molar-refractivity contribution in [3.8, 4) is 5.75 Å². The van der Waals surface area contributed by atoms with Crippen molar-refractivity contribution in [1.82, 2.24) is 14.5 Å². The van der Waals surface area contributed by atoms with Crippen LogP contribution in [-0.4, -0.2) is 54.8 Å². The fraction of sp³-hybridized carbons (Fsp3) is 0.474. The fourth-order valence-corrected chi connectivity index (χ4v) is 5.05. The lowest BCUT2D eigenvalue weighted by Gasteiger charge is -2.31. The smallest absolute Gasteiger partial charge is 0.255 e. The highest BCUT2D eigenvalue weighted by molar-refractivity contribution is 7.89. The molecule has 0 bridgehead atoms. The second-order valence-corrected chi connectivity index (χ2v) is 8.98. The normalized spacial score (nSPS) is 18.0. The molecule has 2 aromatic rings. The Labute approximate surface area is 165 Å². The number of anilines is 1. The van der Waals surface area contributed by atoms with Crippen LogP contribution in [0.2, 0.25) is 0 Å². The van der Waals surface area contributed by atoms with Gasteiger partial charge in [0.1, 0.15) is 5.75 Å². The van der Waals surface area contributed by atoms with Crippen molar-refractivity contribution < 1.29 is 17.9 Å². The van der Waals surface area contributed by atoms with Crippen molar-refractivity contribution in [2.75, 3.05) is 31.3 Å². The Morgan fingerprint density at radius 2 is 2.11 bits per heavy atom. The monoisotopic (exact) mass is 406 g/mol. The Kier molecular flexibility index (Phi) is 6.35. The van der Waals surface area contributed by atoms with Gasteiger partial charge in [-0.25, -0.2) is 12.7 Å². The van der Waals surface area contributed by atoms with Crippen LogP contribution in [0.15, 0.2) is 30.5 Å². The summed E-state index contributed by atoms with van der Waals surface area (Å²) in [7, 11) is -1.67. The molecule has 0 unspecified atom stereocenters. The maximum Gasteiger partial charge on any atom is 0.255 e. The first kappa shape index (κ1) is 20.3. The molecule has 9 heteroatoms. The van der Waals surface area contributed by atoms with E-state index in [0.717, 1.165) is 18.5 Å². The molecule has 2 heterocycles. The number of sulfonamides is 1. The number of benzene rings is 1. The van der Waals surface area contributed by atoms with Gasteiger partial charge in [0.15, 0.2) is 0 Å². The predicted molar refractivity (Wildman–Crippen MR) is 107 cm³/mol. The predicted octanol–water partition coefficient (Wildman–Crippen LogP) is 2.59. The Bertz CT molecular complexity index is 908. The minimum Gasteiger partial charge on any atom is -0.497 e. The highest BCUT2D eigenvalue weighted by Gasteiger charge is 2.31. The molecule has 1 aliphatic heterocycles. The molecule has 0 radical (unpaired) electrons. The lowest BCUT2D eigenvalue weighted by molar-refractivity contribution is 0.102. The van der Waals surface area contributed by atoms with Crippen LogP contribution in [0.1, 0.15) is 48.2 Å². The van der Waals surface area contributed by atoms with Gasteiger partial charge in [-0.1, -0.05) is 6.92 Å². The van der Waals surface area contributed by atoms with Crippen LogP contribution < -0.4 is 10.1 Å². The number of aromatic amines is 1. The first-order valence-corrected chi connectivity index (χ1v) is 11.0. The number of rotatable bonds is 7. The van der Waals surface area contributed by atoms with Crippen LogP contribution in [-0.2, 0) is 10.0 Å². The quantitative estimate of drug-likeness (QED) is 0.735. The van der Waals surface area contributed by atoms with E-state index in [0.29, 0.717) is 36.5 Å². The van der Waals surface area contributed by atoms with Gasteiger partial charge in [0, 0.05) is 24.6 Å². The van der Waals surface area contributed by atoms with E-state index in [-0.39, 0.29) is 17.6 Å². The van der Waals surface area contributed by atoms with Crippen LogP contribution in [0.3, 0.4) is 0 Å². The molecule has 1 atom stereocenters. The van der Waals surface area contributed by atoms with Gasteiger partial charge in [0.2, 0.25) is 10.0 Å². The highest BCUT2D eigenvalue weighted by Crippen LogP contribution is 2.31. The van der Waals surface area contributed by atoms with Crippen LogP contribution >= 0.6 is 0 Å². The number of hydrogen-bond acceptors (Lipinski definition) is 5. The zero-order valence-electron chi connectivity index (χ0n) is 16.1. The summed E-state index contributed by atoms with van der Waals surface area (Å²) in [5, 5.41) is 9.89. The van der Waals surface area contributed by atoms with Crippen molar-refractivity contribution in [2.24, 2.45) is 0 Å². The number of methoxy groups -OCH3 is 1. The fourth-order valence-electron chi connectivity index (χ4n) is 3.46. The Balaban J connectivity index is 1.73. The maximum atomic E-state index is 12.6. The van der Waals surface area contributed by atoms with Crippen molar-refractivity contribution in [2.45, 2.75) is 32.1 Å². The zero-order chi connectivity index (χ0) is 20.1. The molecule has 28 heavy (non-hydrogen) atoms. The van der Waals surface area contributed by atoms with Gasteiger partial charge in [-0.15, -0.1) is 0 Å². The maximum absolute atomic E-state index is 12.6. The molecule has 1 aromatic carbocycles. The van der Waals surface area contributed by atoms with Crippen molar-refractivity contribution in [3.63, 3.8) is 0 Å². The van der Waals surface area contributed by atoms with E-state index in [9.17, 15) is 13.2 Å². The van der Waals surface area contributed by atoms with Crippen LogP contribution in [0.25, 0.3) is 0 Å². The molecule has 2 N–H and O–H groups in total. The lowest BCUT2D eigenvalue weighted by atomic mass is 9.95. The van der Waals surface area contributed by atoms with Gasteiger partial charge in [-0.3, -0.25) is 9.89 Å². The van der Waals surface area contributed by atoms with Gasteiger partial charge in [-0.2, -0.15) is 5.10 Å². The molecule has 1 aromatic heterocycles. The van der Waals surface area contributed by atoms with Crippen molar-refractivity contribution >= 4 is 21.6 Å². The van der Waals surface area contributed by atoms with E-state index in [1.54, 1.807) is 41.9 Å². The summed E-state index contributed by atoms with van der Waals surface area (Å²) in [6.07, 6.45) is 3.78. The summed E-state index contributed by atoms with van der Waals surface area (Å²) < 4.78 is 31.5. The van der Waals surface area contributed by atoms with Crippen molar-refractivity contribution in [3.05, 3.63) is 41.7 Å². The Morgan fingerprint density at radius 1 is 1.36 bits per heavy atom. The molecule has 152 valence electrons. The standard InChI is InChI=1S/C19H26N4O4S/c1-3-11-28(25,26)23-10-4-5-15(13-23)18-17(12-20-22-18)21-19(24)14-6-8-16(27-2)9-7-14/h6-9,12,15H,3-5,10-11,13H2,1-2H3,(H,20,22)(H,21,24)/t15-/m1/s1. The molecule has 1 aliphatic rings. The van der Waals surface area contributed by atoms with E-state index >= 15 is 0 Å². The third kappa shape index (κ3) is 4.53. The minimum atomic E-state index is -3.24. The molecule has 3 rings (SSSR count). The number of ether oxygens (including phenoxy) is 1. The summed E-state index contributed by atoms with van der Waals surface area (Å²) in [6.45, 7) is 2.80. The molecule has 8 nitrogen and oxygen atoms in total. The largest absolute Gasteiger partial charge is 0.497 e. The van der Waals surface area contributed by atoms with Crippen molar-refractivity contribution in [1.29, 1.82) is 0 Å². The molecular weight excluding hydrogens is 380 g/mol. The molecule has 1 saturated heterocycles. The summed E-state index contributed by atoms with van der Waals surface area (Å²) in [4.78, 5) is 12.6. The minimum absolute atomic E-state index is 0.0333. The SMILES string of the molecule is CCCS(=O)(=O)N1CCC[C@@H](c2[nH]ncc2NC(=O)c2ccc(OC)cc2)C1. The zero-order valence-corrected chi connectivity index (χ0v) is 17.0. The molecule has 0 saturated carbocycles. The number of nitrogens with zero attached hydrogens (tertiary/aromatic N) is 2. The van der Waals surface area contributed by atoms with Crippen LogP contribution in [0.5, 0.6) is 5.75 Å². The van der Waals surface area contributed by atoms with E-state index in [1.807, 2.05) is 6.92 Å². The van der Waals surface area contributed by atoms with E-state index in [4.69, 9.17) is 4.74 Å². The van der Waals surface area contributed by atoms with E-state index in [1.165, 1.54) is 0 Å². The van der Waals surface area contributed by atoms with Gasteiger partial charge in [0.05, 0.1) is 30.4 Å². The number of carbonyl (C=O) groups is 1. The third-order valence-corrected chi connectivity index (χ3v) is 6.96. The number of carbonyl (C=O) groups excluding carboxylic acids is 1. The second-order valence-electron chi connectivity index (χ2n) is 6.89. The van der Waals surface area contributed by atoms with Gasteiger partial charge < -0.3 is 10.1 Å². The summed E-state index contributed by atoms with van der Waals surface area (Å²) >= 11 is 0. The number of H-pyrrole nitrogens is 1. The number of aromatic nitrogens is 2. The Hall–Kier alpha value is -2.39. The number of hydrogen-bond donors (Lipinski definition) is 2. The van der Waals surface area contributed by atoms with Gasteiger partial charge in [0.25, 0.3) is 5.91 Å². The average molecular weight is 407 g/mol. The van der Waals surface area contributed by atoms with Crippen LogP contribution in [0, 0.1) is 0 Å². The summed E-state index contributed by atoms with van der Waals surface area (Å²) in [5.41, 5.74) is 1.85. The molecule has 1 fully saturated rings. The first-order chi connectivity index (χ1) is 13.4. The highest BCUT2D eigenvalue weighted by atomic mass is 32.2. The molecule has 1 amide bonds. The van der Waals surface area contributed by atoms with E-state index < -0.39 is 10.0 Å². The molecule has 0 aliphatic carbocycles. The first-order valence-electron chi connectivity index (χ1n) is 9.41. The average Bonchev–Trinajstić information content (AvgIpc) is 3.16. The second kappa shape index (κ2) is 8.74.